The van der Waals surface area contributed by atoms with Gasteiger partial charge in [0.1, 0.15) is 0 Å². The maximum atomic E-state index is 13.2. The van der Waals surface area contributed by atoms with Gasteiger partial charge in [-0.05, 0) is 63.4 Å². The summed E-state index contributed by atoms with van der Waals surface area (Å²) < 4.78 is 25.7. The third-order valence-corrected chi connectivity index (χ3v) is 8.31. The lowest BCUT2D eigenvalue weighted by molar-refractivity contribution is 0.0982. The van der Waals surface area contributed by atoms with E-state index in [1.807, 2.05) is 26.0 Å². The first-order valence-corrected chi connectivity index (χ1v) is 12.5. The van der Waals surface area contributed by atoms with Crippen LogP contribution in [0.2, 0.25) is 5.02 Å². The highest BCUT2D eigenvalue weighted by atomic mass is 35.5. The van der Waals surface area contributed by atoms with Gasteiger partial charge < -0.3 is 5.32 Å². The van der Waals surface area contributed by atoms with E-state index in [4.69, 9.17) is 11.6 Å². The average molecular weight is 463 g/mol. The van der Waals surface area contributed by atoms with Crippen LogP contribution < -0.4 is 10.2 Å². The van der Waals surface area contributed by atoms with Crippen LogP contribution in [-0.2, 0) is 15.6 Å². The first-order valence-electron chi connectivity index (χ1n) is 10.5. The number of sulfonamides is 1. The smallest absolute Gasteiger partial charge is 0.259 e. The van der Waals surface area contributed by atoms with Crippen LogP contribution in [0.4, 0.5) is 11.4 Å². The summed E-state index contributed by atoms with van der Waals surface area (Å²) in [4.78, 5) is 19.3. The second kappa shape index (κ2) is 8.07. The number of nitrogens with zero attached hydrogens (tertiary/aromatic N) is 3. The lowest BCUT2D eigenvalue weighted by atomic mass is 9.93. The predicted molar refractivity (Wildman–Crippen MR) is 123 cm³/mol. The molecular weight excluding hydrogens is 436 g/mol. The maximum absolute atomic E-state index is 13.2. The molecular formula is C22H27ClN4O3S. The third kappa shape index (κ3) is 4.04. The molecule has 31 heavy (non-hydrogen) atoms. The molecule has 2 aromatic rings. The van der Waals surface area contributed by atoms with E-state index in [-0.39, 0.29) is 17.7 Å². The van der Waals surface area contributed by atoms with Crippen LogP contribution in [0.1, 0.15) is 49.5 Å². The Morgan fingerprint density at radius 3 is 2.58 bits per heavy atom. The standard InChI is InChI=1S/C22H27ClN4O3S/c1-4-31(29,30)26-9-7-16(8-10-26)25-17-12-18(14-24-13-17)27-21(28)19-6-5-15(23)11-20(19)22(27,2)3/h5-6,11-14,16,25H,4,7-10H2,1-3H3. The highest BCUT2D eigenvalue weighted by molar-refractivity contribution is 7.89. The van der Waals surface area contributed by atoms with Crippen molar-refractivity contribution in [1.29, 1.82) is 0 Å². The fourth-order valence-electron chi connectivity index (χ4n) is 4.47. The number of amides is 1. The number of benzene rings is 1. The Hall–Kier alpha value is -2.16. The average Bonchev–Trinajstić information content (AvgIpc) is 2.93. The Labute approximate surface area is 188 Å². The number of nitrogens with one attached hydrogen (secondary N) is 1. The lowest BCUT2D eigenvalue weighted by Gasteiger charge is -2.33. The molecule has 0 aliphatic carbocycles. The highest BCUT2D eigenvalue weighted by Crippen LogP contribution is 2.43. The van der Waals surface area contributed by atoms with Crippen molar-refractivity contribution in [2.45, 2.75) is 45.2 Å². The lowest BCUT2D eigenvalue weighted by Crippen LogP contribution is -2.43. The van der Waals surface area contributed by atoms with Gasteiger partial charge in [0.25, 0.3) is 5.91 Å². The van der Waals surface area contributed by atoms with E-state index in [2.05, 4.69) is 10.3 Å². The number of hydrogen-bond acceptors (Lipinski definition) is 5. The fourth-order valence-corrected chi connectivity index (χ4v) is 5.77. The topological polar surface area (TPSA) is 82.6 Å². The van der Waals surface area contributed by atoms with Gasteiger partial charge in [-0.2, -0.15) is 0 Å². The quantitative estimate of drug-likeness (QED) is 0.729. The summed E-state index contributed by atoms with van der Waals surface area (Å²) in [6.07, 6.45) is 4.87. The first kappa shape index (κ1) is 22.0. The molecule has 1 aromatic heterocycles. The molecule has 4 rings (SSSR count). The van der Waals surface area contributed by atoms with Crippen LogP contribution in [0.15, 0.2) is 36.7 Å². The van der Waals surface area contributed by atoms with Gasteiger partial charge in [0.15, 0.2) is 0 Å². The number of halogens is 1. The van der Waals surface area contributed by atoms with E-state index >= 15 is 0 Å². The number of carbonyl (C=O) groups excluding carboxylic acids is 1. The predicted octanol–water partition coefficient (Wildman–Crippen LogP) is 3.86. The largest absolute Gasteiger partial charge is 0.381 e. The summed E-state index contributed by atoms with van der Waals surface area (Å²) in [5.41, 5.74) is 2.51. The van der Waals surface area contributed by atoms with Crippen LogP contribution in [0.25, 0.3) is 0 Å². The third-order valence-electron chi connectivity index (χ3n) is 6.20. The number of hydrogen-bond donors (Lipinski definition) is 1. The summed E-state index contributed by atoms with van der Waals surface area (Å²) in [6.45, 7) is 6.68. The molecule has 1 N–H and O–H groups in total. The molecule has 0 saturated carbocycles. The molecule has 3 heterocycles. The number of carbonyl (C=O) groups is 1. The van der Waals surface area contributed by atoms with Gasteiger partial charge in [0.05, 0.1) is 35.1 Å². The zero-order chi connectivity index (χ0) is 22.4. The minimum Gasteiger partial charge on any atom is -0.381 e. The molecule has 2 aliphatic heterocycles. The first-order chi connectivity index (χ1) is 14.6. The Morgan fingerprint density at radius 1 is 1.19 bits per heavy atom. The fraction of sp³-hybridized carbons (Fsp3) is 0.455. The number of fused-ring (bicyclic) bond motifs is 1. The van der Waals surface area contributed by atoms with E-state index in [9.17, 15) is 13.2 Å². The van der Waals surface area contributed by atoms with Crippen LogP contribution in [0.3, 0.4) is 0 Å². The van der Waals surface area contributed by atoms with Gasteiger partial charge in [-0.3, -0.25) is 14.7 Å². The Balaban J connectivity index is 1.52. The van der Waals surface area contributed by atoms with E-state index in [1.165, 1.54) is 0 Å². The van der Waals surface area contributed by atoms with Crippen molar-refractivity contribution >= 4 is 38.9 Å². The molecule has 0 radical (unpaired) electrons. The Kier molecular flexibility index (Phi) is 5.74. The van der Waals surface area contributed by atoms with Crippen molar-refractivity contribution in [3.8, 4) is 0 Å². The zero-order valence-corrected chi connectivity index (χ0v) is 19.5. The number of rotatable bonds is 5. The molecule has 0 bridgehead atoms. The van der Waals surface area contributed by atoms with Gasteiger partial charge in [0, 0.05) is 29.7 Å². The zero-order valence-electron chi connectivity index (χ0n) is 17.9. The van der Waals surface area contributed by atoms with Gasteiger partial charge in [0.2, 0.25) is 10.0 Å². The van der Waals surface area contributed by atoms with Crippen molar-refractivity contribution in [1.82, 2.24) is 9.29 Å². The summed E-state index contributed by atoms with van der Waals surface area (Å²) in [5.74, 6) is 0.0540. The SMILES string of the molecule is CCS(=O)(=O)N1CCC(Nc2cncc(N3C(=O)c4ccc(Cl)cc4C3(C)C)c2)CC1. The van der Waals surface area contributed by atoms with Crippen LogP contribution in [0.5, 0.6) is 0 Å². The summed E-state index contributed by atoms with van der Waals surface area (Å²) in [6, 6.07) is 7.44. The highest BCUT2D eigenvalue weighted by Gasteiger charge is 2.44. The molecule has 0 atom stereocenters. The molecule has 1 fully saturated rings. The minimum atomic E-state index is -3.14. The molecule has 0 spiro atoms. The van der Waals surface area contributed by atoms with Gasteiger partial charge >= 0.3 is 0 Å². The normalized spacial score (nSPS) is 19.5. The van der Waals surface area contributed by atoms with Crippen LogP contribution in [-0.4, -0.2) is 48.5 Å². The van der Waals surface area contributed by atoms with E-state index in [1.54, 1.807) is 40.7 Å². The van der Waals surface area contributed by atoms with E-state index < -0.39 is 15.6 Å². The van der Waals surface area contributed by atoms with Crippen LogP contribution in [0, 0.1) is 0 Å². The van der Waals surface area contributed by atoms with Gasteiger partial charge in [-0.25, -0.2) is 12.7 Å². The molecule has 9 heteroatoms. The van der Waals surface area contributed by atoms with Crippen LogP contribution >= 0.6 is 11.6 Å². The Bertz CT molecular complexity index is 1110. The molecule has 2 aliphatic rings. The molecule has 0 unspecified atom stereocenters. The number of piperidine rings is 1. The summed E-state index contributed by atoms with van der Waals surface area (Å²) in [5, 5.41) is 4.07. The van der Waals surface area contributed by atoms with E-state index in [0.717, 1.165) is 24.1 Å². The van der Waals surface area contributed by atoms with Crippen molar-refractivity contribution in [3.63, 3.8) is 0 Å². The molecule has 7 nitrogen and oxygen atoms in total. The van der Waals surface area contributed by atoms with E-state index in [0.29, 0.717) is 29.4 Å². The van der Waals surface area contributed by atoms with Crippen molar-refractivity contribution in [2.24, 2.45) is 0 Å². The Morgan fingerprint density at radius 2 is 1.90 bits per heavy atom. The second-order valence-corrected chi connectivity index (χ2v) is 11.2. The molecule has 166 valence electrons. The monoisotopic (exact) mass is 462 g/mol. The minimum absolute atomic E-state index is 0.0753. The molecule has 1 aromatic carbocycles. The summed E-state index contributed by atoms with van der Waals surface area (Å²) in [7, 11) is -3.14. The number of pyridine rings is 1. The molecule has 1 amide bonds. The number of aromatic nitrogens is 1. The van der Waals surface area contributed by atoms with Gasteiger partial charge in [-0.1, -0.05) is 11.6 Å². The number of anilines is 2. The maximum Gasteiger partial charge on any atom is 0.259 e. The molecule has 1 saturated heterocycles. The van der Waals surface area contributed by atoms with Gasteiger partial charge in [-0.15, -0.1) is 0 Å². The van der Waals surface area contributed by atoms with Crippen molar-refractivity contribution in [3.05, 3.63) is 52.8 Å². The summed E-state index contributed by atoms with van der Waals surface area (Å²) >= 11 is 6.18. The van der Waals surface area contributed by atoms with Crippen molar-refractivity contribution < 1.29 is 13.2 Å². The second-order valence-electron chi connectivity index (χ2n) is 8.54. The van der Waals surface area contributed by atoms with Crippen molar-refractivity contribution in [2.75, 3.05) is 29.1 Å².